The molecule has 0 aliphatic carbocycles. The van der Waals surface area contributed by atoms with Crippen LogP contribution < -0.4 is 5.32 Å². The van der Waals surface area contributed by atoms with Gasteiger partial charge in [0.25, 0.3) is 0 Å². The van der Waals surface area contributed by atoms with Crippen molar-refractivity contribution in [3.63, 3.8) is 0 Å². The highest BCUT2D eigenvalue weighted by atomic mass is 16.5. The Balaban J connectivity index is 3.42. The summed E-state index contributed by atoms with van der Waals surface area (Å²) in [7, 11) is 0. The number of aliphatic hydroxyl groups is 2. The monoisotopic (exact) mass is 970 g/mol. The first kappa shape index (κ1) is 67.1. The average Bonchev–Trinajstić information content (AvgIpc) is 3.35. The zero-order valence-corrected chi connectivity index (χ0v) is 46.3. The van der Waals surface area contributed by atoms with Crippen LogP contribution in [0.5, 0.6) is 0 Å². The first-order valence-corrected chi connectivity index (χ1v) is 30.7. The van der Waals surface area contributed by atoms with Gasteiger partial charge in [-0.1, -0.05) is 275 Å². The topological polar surface area (TPSA) is 95.9 Å². The fourth-order valence-electron chi connectivity index (χ4n) is 9.44. The molecule has 0 saturated heterocycles. The quantitative estimate of drug-likeness (QED) is 0.0321. The van der Waals surface area contributed by atoms with Gasteiger partial charge in [-0.05, 0) is 77.0 Å². The Kier molecular flexibility index (Phi) is 57.0. The molecule has 0 saturated carbocycles. The number of carbonyl (C=O) groups excluding carboxylic acids is 2. The number of hydrogen-bond donors (Lipinski definition) is 3. The number of aliphatic hydroxyl groups excluding tert-OH is 2. The van der Waals surface area contributed by atoms with Crippen LogP contribution in [-0.4, -0.2) is 47.4 Å². The largest absolute Gasteiger partial charge is 0.466 e. The van der Waals surface area contributed by atoms with Gasteiger partial charge < -0.3 is 20.3 Å². The van der Waals surface area contributed by atoms with Gasteiger partial charge in [-0.2, -0.15) is 0 Å². The maximum atomic E-state index is 12.5. The van der Waals surface area contributed by atoms with Crippen molar-refractivity contribution < 1.29 is 24.5 Å². The van der Waals surface area contributed by atoms with E-state index in [1.54, 1.807) is 0 Å². The maximum Gasteiger partial charge on any atom is 0.305 e. The summed E-state index contributed by atoms with van der Waals surface area (Å²) in [6, 6.07) is -0.546. The summed E-state index contributed by atoms with van der Waals surface area (Å²) in [6.07, 6.45) is 72.9. The number of esters is 1. The fraction of sp³-hybridized carbons (Fsp3) is 0.873. The van der Waals surface area contributed by atoms with Crippen LogP contribution in [-0.2, 0) is 14.3 Å². The van der Waals surface area contributed by atoms with E-state index in [9.17, 15) is 19.8 Å². The third-order valence-electron chi connectivity index (χ3n) is 14.1. The molecular formula is C63H119NO5. The first-order chi connectivity index (χ1) is 34.0. The molecule has 2 unspecified atom stereocenters. The number of allylic oxidation sites excluding steroid dienone is 6. The minimum atomic E-state index is -0.668. The predicted molar refractivity (Wildman–Crippen MR) is 301 cm³/mol. The van der Waals surface area contributed by atoms with Crippen LogP contribution in [0.4, 0.5) is 0 Å². The summed E-state index contributed by atoms with van der Waals surface area (Å²) < 4.78 is 5.46. The van der Waals surface area contributed by atoms with E-state index in [4.69, 9.17) is 4.74 Å². The minimum absolute atomic E-state index is 0.00387. The Morgan fingerprint density at radius 1 is 0.406 bits per heavy atom. The lowest BCUT2D eigenvalue weighted by molar-refractivity contribution is -0.143. The molecule has 6 heteroatoms. The molecular weight excluding hydrogens is 851 g/mol. The van der Waals surface area contributed by atoms with E-state index in [1.165, 1.54) is 244 Å². The highest BCUT2D eigenvalue weighted by Crippen LogP contribution is 2.17. The second-order valence-corrected chi connectivity index (χ2v) is 21.0. The molecule has 0 aromatic rings. The summed E-state index contributed by atoms with van der Waals surface area (Å²) in [4.78, 5) is 24.5. The molecule has 0 bridgehead atoms. The van der Waals surface area contributed by atoms with E-state index in [0.29, 0.717) is 25.9 Å². The Morgan fingerprint density at radius 3 is 1.17 bits per heavy atom. The Bertz CT molecular complexity index is 1120. The van der Waals surface area contributed by atoms with Crippen LogP contribution in [0.1, 0.15) is 328 Å². The highest BCUT2D eigenvalue weighted by molar-refractivity contribution is 5.76. The number of rotatable bonds is 57. The molecule has 3 N–H and O–H groups in total. The van der Waals surface area contributed by atoms with Crippen LogP contribution in [0.2, 0.25) is 0 Å². The van der Waals surface area contributed by atoms with Crippen LogP contribution in [0.3, 0.4) is 0 Å². The van der Waals surface area contributed by atoms with Gasteiger partial charge in [0, 0.05) is 12.8 Å². The van der Waals surface area contributed by atoms with Gasteiger partial charge >= 0.3 is 5.97 Å². The van der Waals surface area contributed by atoms with E-state index in [2.05, 4.69) is 55.6 Å². The highest BCUT2D eigenvalue weighted by Gasteiger charge is 2.20. The number of hydrogen-bond acceptors (Lipinski definition) is 5. The molecule has 6 nitrogen and oxygen atoms in total. The lowest BCUT2D eigenvalue weighted by Crippen LogP contribution is -2.45. The van der Waals surface area contributed by atoms with Crippen molar-refractivity contribution in [1.82, 2.24) is 5.32 Å². The molecule has 0 aliphatic heterocycles. The number of carbonyl (C=O) groups is 2. The Hall–Kier alpha value is -1.92. The van der Waals surface area contributed by atoms with Crippen molar-refractivity contribution in [3.8, 4) is 0 Å². The van der Waals surface area contributed by atoms with Crippen LogP contribution in [0, 0.1) is 0 Å². The van der Waals surface area contributed by atoms with E-state index in [-0.39, 0.29) is 18.5 Å². The first-order valence-electron chi connectivity index (χ1n) is 30.7. The summed E-state index contributed by atoms with van der Waals surface area (Å²) >= 11 is 0. The van der Waals surface area contributed by atoms with Gasteiger partial charge in [-0.3, -0.25) is 9.59 Å². The third-order valence-corrected chi connectivity index (χ3v) is 14.1. The lowest BCUT2D eigenvalue weighted by atomic mass is 10.0. The fourth-order valence-corrected chi connectivity index (χ4v) is 9.44. The summed E-state index contributed by atoms with van der Waals surface area (Å²) in [5.74, 6) is -0.0437. The van der Waals surface area contributed by atoms with Crippen molar-refractivity contribution in [2.75, 3.05) is 13.2 Å². The summed E-state index contributed by atoms with van der Waals surface area (Å²) in [5, 5.41) is 23.3. The Morgan fingerprint density at radius 2 is 0.754 bits per heavy atom. The smallest absolute Gasteiger partial charge is 0.305 e. The minimum Gasteiger partial charge on any atom is -0.466 e. The van der Waals surface area contributed by atoms with E-state index in [0.717, 1.165) is 51.4 Å². The molecule has 406 valence electrons. The summed E-state index contributed by atoms with van der Waals surface area (Å²) in [6.45, 7) is 4.89. The molecule has 69 heavy (non-hydrogen) atoms. The third kappa shape index (κ3) is 55.2. The SMILES string of the molecule is CCC/C=C\C/C=C\CCCCCCCC(=O)OCCCCCCCCCCCCCC/C=C\CCCCCCCCCC(=O)NC(CO)C(O)CCCCCCCCCCCCCCCCCC. The number of nitrogens with one attached hydrogen (secondary N) is 1. The van der Waals surface area contributed by atoms with Gasteiger partial charge in [0.05, 0.1) is 25.4 Å². The Labute approximate surface area is 430 Å². The molecule has 0 rings (SSSR count). The van der Waals surface area contributed by atoms with Gasteiger partial charge in [0.1, 0.15) is 0 Å². The van der Waals surface area contributed by atoms with Crippen LogP contribution >= 0.6 is 0 Å². The number of amides is 1. The molecule has 0 spiro atoms. The second-order valence-electron chi connectivity index (χ2n) is 21.0. The van der Waals surface area contributed by atoms with Crippen molar-refractivity contribution >= 4 is 11.9 Å². The van der Waals surface area contributed by atoms with E-state index < -0.39 is 12.1 Å². The summed E-state index contributed by atoms with van der Waals surface area (Å²) in [5.41, 5.74) is 0. The van der Waals surface area contributed by atoms with Crippen molar-refractivity contribution in [3.05, 3.63) is 36.5 Å². The lowest BCUT2D eigenvalue weighted by Gasteiger charge is -2.22. The molecule has 0 aliphatic rings. The van der Waals surface area contributed by atoms with E-state index in [1.807, 2.05) is 0 Å². The maximum absolute atomic E-state index is 12.5. The number of unbranched alkanes of at least 4 members (excludes halogenated alkanes) is 40. The van der Waals surface area contributed by atoms with Gasteiger partial charge in [-0.15, -0.1) is 0 Å². The standard InChI is InChI=1S/C63H119NO5/c1-3-5-7-9-11-13-15-17-18-28-32-35-39-43-47-51-55-61(66)60(59-65)64-62(67)56-52-48-44-40-36-33-29-26-24-22-20-19-21-23-25-27-30-34-38-42-46-50-54-58-69-63(68)57-53-49-45-41-37-31-16-14-12-10-8-6-4-2/h8,10,14,16,22,24,60-61,65-66H,3-7,9,11-13,15,17-21,23,25-59H2,1-2H3,(H,64,67)/b10-8-,16-14-,24-22-. The van der Waals surface area contributed by atoms with Crippen molar-refractivity contribution in [2.45, 2.75) is 341 Å². The molecule has 1 amide bonds. The predicted octanol–water partition coefficient (Wildman–Crippen LogP) is 19.2. The average molecular weight is 971 g/mol. The normalized spacial score (nSPS) is 12.8. The molecule has 0 radical (unpaired) electrons. The van der Waals surface area contributed by atoms with Gasteiger partial charge in [-0.25, -0.2) is 0 Å². The zero-order valence-electron chi connectivity index (χ0n) is 46.3. The van der Waals surface area contributed by atoms with Crippen molar-refractivity contribution in [2.24, 2.45) is 0 Å². The molecule has 0 fully saturated rings. The molecule has 0 aromatic carbocycles. The zero-order chi connectivity index (χ0) is 50.0. The van der Waals surface area contributed by atoms with E-state index >= 15 is 0 Å². The van der Waals surface area contributed by atoms with Gasteiger partial charge in [0.2, 0.25) is 5.91 Å². The molecule has 0 heterocycles. The number of ether oxygens (including phenoxy) is 1. The van der Waals surface area contributed by atoms with Crippen LogP contribution in [0.25, 0.3) is 0 Å². The molecule has 0 aromatic heterocycles. The molecule has 2 atom stereocenters. The van der Waals surface area contributed by atoms with Crippen molar-refractivity contribution in [1.29, 1.82) is 0 Å². The van der Waals surface area contributed by atoms with Gasteiger partial charge in [0.15, 0.2) is 0 Å². The van der Waals surface area contributed by atoms with Crippen LogP contribution in [0.15, 0.2) is 36.5 Å². The second kappa shape index (κ2) is 58.6.